The van der Waals surface area contributed by atoms with Gasteiger partial charge in [-0.25, -0.2) is 9.59 Å². The molecule has 1 N–H and O–H groups in total. The van der Waals surface area contributed by atoms with Gasteiger partial charge in [-0.2, -0.15) is 0 Å². The molecule has 0 amide bonds. The van der Waals surface area contributed by atoms with Crippen LogP contribution in [-0.4, -0.2) is 74.6 Å². The van der Waals surface area contributed by atoms with Gasteiger partial charge in [0.25, 0.3) is 0 Å². The van der Waals surface area contributed by atoms with E-state index in [0.717, 1.165) is 0 Å². The molecule has 0 aromatic heterocycles. The topological polar surface area (TPSA) is 110 Å². The zero-order chi connectivity index (χ0) is 29.3. The van der Waals surface area contributed by atoms with Crippen molar-refractivity contribution < 1.29 is 42.8 Å². The van der Waals surface area contributed by atoms with Crippen molar-refractivity contribution in [1.82, 2.24) is 0 Å². The molecular weight excluding hydrogens is 532 g/mol. The van der Waals surface area contributed by atoms with Gasteiger partial charge in [-0.1, -0.05) is 57.2 Å². The monoisotopic (exact) mass is 572 g/mol. The Kier molecular flexibility index (Phi) is 8.61. The maximum atomic E-state index is 13.1. The quantitative estimate of drug-likeness (QED) is 0.338. The summed E-state index contributed by atoms with van der Waals surface area (Å²) in [5, 5.41) is 11.3. The van der Waals surface area contributed by atoms with Crippen molar-refractivity contribution in [3.8, 4) is 0 Å². The predicted molar refractivity (Wildman–Crippen MR) is 149 cm³/mol. The number of aliphatic hydroxyl groups excluding tert-OH is 1. The molecule has 2 aromatic carbocycles. The number of hydrogen-bond donors (Lipinski definition) is 1. The first kappa shape index (κ1) is 30.4. The van der Waals surface area contributed by atoms with E-state index in [0.29, 0.717) is 11.1 Å². The number of carbonyl (C=O) groups excluding carboxylic acids is 2. The van der Waals surface area contributed by atoms with Crippen LogP contribution in [0.1, 0.15) is 55.3 Å². The van der Waals surface area contributed by atoms with Gasteiger partial charge in [0, 0.05) is 0 Å². The molecule has 1 unspecified atom stereocenters. The standard InChI is InChI=1S/C30H40O9Si/c1-28(2,3)40(6,7)35-18-22(31)23-24-30(39-29(4,5)38-24,19-34-25(32)20-14-10-8-11-15-20)27(36-23)37-26(33)21-16-12-9-13-17-21/h8-17,22-24,27,31H,18-19H2,1-7H3/t22-,23-,24+,27?,30+/m1/s1. The molecule has 4 rings (SSSR count). The van der Waals surface area contributed by atoms with Crippen molar-refractivity contribution >= 4 is 20.3 Å². The minimum absolute atomic E-state index is 0.0132. The molecule has 2 aliphatic rings. The maximum absolute atomic E-state index is 13.1. The summed E-state index contributed by atoms with van der Waals surface area (Å²) in [7, 11) is -2.20. The van der Waals surface area contributed by atoms with Crippen LogP contribution in [0.15, 0.2) is 60.7 Å². The average Bonchev–Trinajstić information content (AvgIpc) is 3.34. The van der Waals surface area contributed by atoms with Crippen molar-refractivity contribution in [2.45, 2.75) is 88.7 Å². The van der Waals surface area contributed by atoms with E-state index in [-0.39, 0.29) is 18.3 Å². The Morgan fingerprint density at radius 1 is 0.975 bits per heavy atom. The molecular formula is C30H40O9Si. The normalized spacial score (nSPS) is 26.6. The van der Waals surface area contributed by atoms with Crippen molar-refractivity contribution in [3.63, 3.8) is 0 Å². The number of carbonyl (C=O) groups is 2. The summed E-state index contributed by atoms with van der Waals surface area (Å²) in [5.41, 5.74) is -0.881. The minimum atomic E-state index is -2.20. The van der Waals surface area contributed by atoms with Gasteiger partial charge in [0.1, 0.15) is 24.9 Å². The van der Waals surface area contributed by atoms with Gasteiger partial charge in [0.05, 0.1) is 17.7 Å². The highest BCUT2D eigenvalue weighted by molar-refractivity contribution is 6.74. The van der Waals surface area contributed by atoms with Crippen LogP contribution in [0.2, 0.25) is 18.1 Å². The lowest BCUT2D eigenvalue weighted by atomic mass is 9.93. The highest BCUT2D eigenvalue weighted by Gasteiger charge is 2.70. The summed E-state index contributed by atoms with van der Waals surface area (Å²) in [6.45, 7) is 13.6. The fourth-order valence-electron chi connectivity index (χ4n) is 4.58. The largest absolute Gasteiger partial charge is 0.459 e. The molecule has 40 heavy (non-hydrogen) atoms. The number of benzene rings is 2. The second-order valence-electron chi connectivity index (χ2n) is 12.3. The second kappa shape index (κ2) is 11.3. The molecule has 10 heteroatoms. The van der Waals surface area contributed by atoms with Crippen LogP contribution in [0.25, 0.3) is 0 Å². The highest BCUT2D eigenvalue weighted by atomic mass is 28.4. The number of rotatable bonds is 9. The fourth-order valence-corrected chi connectivity index (χ4v) is 5.60. The van der Waals surface area contributed by atoms with E-state index in [1.165, 1.54) is 0 Å². The summed E-state index contributed by atoms with van der Waals surface area (Å²) in [5.74, 6) is -2.39. The molecule has 0 spiro atoms. The second-order valence-corrected chi connectivity index (χ2v) is 17.1. The van der Waals surface area contributed by atoms with E-state index in [9.17, 15) is 14.7 Å². The van der Waals surface area contributed by atoms with Crippen LogP contribution in [0, 0.1) is 0 Å². The summed E-state index contributed by atoms with van der Waals surface area (Å²) in [6.07, 6.45) is -4.41. The molecule has 0 saturated carbocycles. The van der Waals surface area contributed by atoms with Gasteiger partial charge in [-0.3, -0.25) is 0 Å². The van der Waals surface area contributed by atoms with E-state index in [4.69, 9.17) is 28.1 Å². The highest BCUT2D eigenvalue weighted by Crippen LogP contribution is 2.49. The van der Waals surface area contributed by atoms with E-state index in [1.54, 1.807) is 74.5 Å². The lowest BCUT2D eigenvalue weighted by Gasteiger charge is -2.37. The molecule has 5 atom stereocenters. The smallest absolute Gasteiger partial charge is 0.340 e. The number of aliphatic hydroxyl groups is 1. The molecule has 2 fully saturated rings. The lowest BCUT2D eigenvalue weighted by Crippen LogP contribution is -2.53. The van der Waals surface area contributed by atoms with Crippen LogP contribution in [0.4, 0.5) is 0 Å². The molecule has 2 aliphatic heterocycles. The average molecular weight is 573 g/mol. The molecule has 2 saturated heterocycles. The third-order valence-electron chi connectivity index (χ3n) is 7.77. The number of esters is 2. The first-order valence-electron chi connectivity index (χ1n) is 13.5. The fraction of sp³-hybridized carbons (Fsp3) is 0.533. The van der Waals surface area contributed by atoms with E-state index >= 15 is 0 Å². The molecule has 0 aliphatic carbocycles. The Morgan fingerprint density at radius 3 is 2.08 bits per heavy atom. The van der Waals surface area contributed by atoms with Crippen molar-refractivity contribution in [2.75, 3.05) is 13.2 Å². The Hall–Kier alpha value is -2.60. The third-order valence-corrected chi connectivity index (χ3v) is 12.3. The summed E-state index contributed by atoms with van der Waals surface area (Å²) >= 11 is 0. The van der Waals surface area contributed by atoms with Crippen molar-refractivity contribution in [1.29, 1.82) is 0 Å². The van der Waals surface area contributed by atoms with E-state index in [2.05, 4.69) is 33.9 Å². The van der Waals surface area contributed by atoms with Crippen LogP contribution in [-0.2, 0) is 28.1 Å². The molecule has 218 valence electrons. The SMILES string of the molecule is CC1(C)O[C@H]2[C@@H]([C@H](O)CO[Si](C)(C)C(C)(C)C)OC(OC(=O)c3ccccc3)[C@@]2(COC(=O)c2ccccc2)O1. The van der Waals surface area contributed by atoms with Gasteiger partial charge in [-0.15, -0.1) is 0 Å². The maximum Gasteiger partial charge on any atom is 0.340 e. The molecule has 0 radical (unpaired) electrons. The van der Waals surface area contributed by atoms with Crippen LogP contribution in [0.3, 0.4) is 0 Å². The van der Waals surface area contributed by atoms with Gasteiger partial charge < -0.3 is 33.2 Å². The first-order chi connectivity index (χ1) is 18.7. The molecule has 9 nitrogen and oxygen atoms in total. The number of ether oxygens (including phenoxy) is 5. The van der Waals surface area contributed by atoms with Crippen molar-refractivity contribution in [3.05, 3.63) is 71.8 Å². The molecule has 2 aromatic rings. The van der Waals surface area contributed by atoms with Crippen LogP contribution >= 0.6 is 0 Å². The van der Waals surface area contributed by atoms with E-state index in [1.807, 2.05) is 0 Å². The van der Waals surface area contributed by atoms with E-state index < -0.39 is 56.2 Å². The van der Waals surface area contributed by atoms with Crippen LogP contribution in [0.5, 0.6) is 0 Å². The van der Waals surface area contributed by atoms with Gasteiger partial charge in [-0.05, 0) is 56.2 Å². The first-order valence-corrected chi connectivity index (χ1v) is 16.4. The van der Waals surface area contributed by atoms with Gasteiger partial charge in [0.15, 0.2) is 19.7 Å². The Labute approximate surface area is 236 Å². The Balaban J connectivity index is 1.62. The molecule has 2 heterocycles. The molecule has 0 bridgehead atoms. The van der Waals surface area contributed by atoms with Crippen LogP contribution < -0.4 is 0 Å². The predicted octanol–water partition coefficient (Wildman–Crippen LogP) is 4.70. The Bertz CT molecular complexity index is 1180. The van der Waals surface area contributed by atoms with Gasteiger partial charge in [0.2, 0.25) is 6.29 Å². The third kappa shape index (κ3) is 6.32. The minimum Gasteiger partial charge on any atom is -0.459 e. The zero-order valence-electron chi connectivity index (χ0n) is 24.2. The summed E-state index contributed by atoms with van der Waals surface area (Å²) in [6, 6.07) is 17.0. The number of hydrogen-bond acceptors (Lipinski definition) is 9. The Morgan fingerprint density at radius 2 is 1.52 bits per heavy atom. The van der Waals surface area contributed by atoms with Crippen molar-refractivity contribution in [2.24, 2.45) is 0 Å². The van der Waals surface area contributed by atoms with Gasteiger partial charge >= 0.3 is 11.9 Å². The number of fused-ring (bicyclic) bond motifs is 1. The zero-order valence-corrected chi connectivity index (χ0v) is 25.2. The summed E-state index contributed by atoms with van der Waals surface area (Å²) < 4.78 is 36.5. The summed E-state index contributed by atoms with van der Waals surface area (Å²) in [4.78, 5) is 26.0. The lowest BCUT2D eigenvalue weighted by molar-refractivity contribution is -0.258.